The molecule has 2 atom stereocenters. The van der Waals surface area contributed by atoms with Gasteiger partial charge in [-0.3, -0.25) is 0 Å². The van der Waals surface area contributed by atoms with E-state index in [1.807, 2.05) is 0 Å². The third kappa shape index (κ3) is 0.976. The van der Waals surface area contributed by atoms with Gasteiger partial charge >= 0.3 is 0 Å². The highest BCUT2D eigenvalue weighted by molar-refractivity contribution is 4.69. The Labute approximate surface area is 48.2 Å². The van der Waals surface area contributed by atoms with Gasteiger partial charge in [0.1, 0.15) is 6.23 Å². The van der Waals surface area contributed by atoms with E-state index in [0.717, 1.165) is 0 Å². The van der Waals surface area contributed by atoms with Crippen molar-refractivity contribution in [1.82, 2.24) is 10.4 Å². The predicted molar refractivity (Wildman–Crippen MR) is 29.5 cm³/mol. The largest absolute Gasteiger partial charge is 0.377 e. The highest BCUT2D eigenvalue weighted by Gasteiger charge is 2.23. The molecular formula is C4H11N3O. The SMILES string of the molecule is CN1NC(O)CC1N. The molecule has 0 aromatic rings. The van der Waals surface area contributed by atoms with E-state index in [1.54, 1.807) is 12.1 Å². The van der Waals surface area contributed by atoms with Crippen LogP contribution in [0.15, 0.2) is 0 Å². The summed E-state index contributed by atoms with van der Waals surface area (Å²) in [6, 6.07) is 0. The summed E-state index contributed by atoms with van der Waals surface area (Å²) in [5.41, 5.74) is 8.20. The minimum Gasteiger partial charge on any atom is -0.377 e. The van der Waals surface area contributed by atoms with Gasteiger partial charge in [0.05, 0.1) is 6.17 Å². The van der Waals surface area contributed by atoms with Crippen molar-refractivity contribution in [2.24, 2.45) is 5.73 Å². The van der Waals surface area contributed by atoms with Crippen LogP contribution in [0, 0.1) is 0 Å². The van der Waals surface area contributed by atoms with Crippen LogP contribution in [0.5, 0.6) is 0 Å². The fraction of sp³-hybridized carbons (Fsp3) is 1.00. The number of nitrogens with one attached hydrogen (secondary N) is 1. The first-order valence-electron chi connectivity index (χ1n) is 2.63. The van der Waals surface area contributed by atoms with Crippen molar-refractivity contribution in [3.63, 3.8) is 0 Å². The molecule has 1 aliphatic rings. The van der Waals surface area contributed by atoms with E-state index in [4.69, 9.17) is 10.8 Å². The molecule has 0 aromatic carbocycles. The summed E-state index contributed by atoms with van der Waals surface area (Å²) in [6.07, 6.45) is 0.122. The molecule has 0 spiro atoms. The van der Waals surface area contributed by atoms with E-state index in [2.05, 4.69) is 5.43 Å². The summed E-state index contributed by atoms with van der Waals surface area (Å²) in [5.74, 6) is 0. The van der Waals surface area contributed by atoms with Gasteiger partial charge in [-0.15, -0.1) is 0 Å². The zero-order valence-electron chi connectivity index (χ0n) is 4.83. The average Bonchev–Trinajstić information content (AvgIpc) is 1.85. The summed E-state index contributed by atoms with van der Waals surface area (Å²) in [6.45, 7) is 0. The van der Waals surface area contributed by atoms with Crippen molar-refractivity contribution in [2.45, 2.75) is 18.8 Å². The van der Waals surface area contributed by atoms with Gasteiger partial charge in [-0.25, -0.2) is 10.4 Å². The lowest BCUT2D eigenvalue weighted by Gasteiger charge is -2.12. The second-order valence-corrected chi connectivity index (χ2v) is 2.06. The van der Waals surface area contributed by atoms with Crippen LogP contribution in [-0.2, 0) is 0 Å². The maximum atomic E-state index is 8.84. The van der Waals surface area contributed by atoms with E-state index < -0.39 is 6.23 Å². The van der Waals surface area contributed by atoms with Crippen molar-refractivity contribution in [3.05, 3.63) is 0 Å². The highest BCUT2D eigenvalue weighted by Crippen LogP contribution is 2.03. The Bertz CT molecular complexity index is 77.4. The zero-order chi connectivity index (χ0) is 6.15. The molecule has 1 rings (SSSR count). The number of rotatable bonds is 0. The maximum absolute atomic E-state index is 8.84. The Morgan fingerprint density at radius 1 is 1.88 bits per heavy atom. The number of nitrogens with zero attached hydrogens (tertiary/aromatic N) is 1. The molecule has 1 heterocycles. The Hall–Kier alpha value is -0.160. The molecule has 0 aliphatic carbocycles. The molecule has 8 heavy (non-hydrogen) atoms. The number of nitrogens with two attached hydrogens (primary N) is 1. The molecule has 4 heteroatoms. The molecule has 4 N–H and O–H groups in total. The molecule has 1 aliphatic heterocycles. The summed E-state index contributed by atoms with van der Waals surface area (Å²) < 4.78 is 0. The first kappa shape index (κ1) is 5.97. The van der Waals surface area contributed by atoms with Gasteiger partial charge in [-0.05, 0) is 0 Å². The molecule has 0 radical (unpaired) electrons. The molecular weight excluding hydrogens is 106 g/mol. The number of aliphatic hydroxyl groups is 1. The fourth-order valence-corrected chi connectivity index (χ4v) is 0.770. The number of hydrogen-bond donors (Lipinski definition) is 3. The first-order valence-corrected chi connectivity index (χ1v) is 2.63. The molecule has 1 fully saturated rings. The molecule has 2 unspecified atom stereocenters. The minimum atomic E-state index is -0.449. The maximum Gasteiger partial charge on any atom is 0.120 e. The molecule has 0 saturated carbocycles. The molecule has 0 amide bonds. The van der Waals surface area contributed by atoms with Gasteiger partial charge in [0, 0.05) is 13.5 Å². The summed E-state index contributed by atoms with van der Waals surface area (Å²) >= 11 is 0. The van der Waals surface area contributed by atoms with Crippen LogP contribution in [0.1, 0.15) is 6.42 Å². The Morgan fingerprint density at radius 2 is 2.50 bits per heavy atom. The van der Waals surface area contributed by atoms with Crippen LogP contribution < -0.4 is 11.2 Å². The average molecular weight is 117 g/mol. The van der Waals surface area contributed by atoms with E-state index >= 15 is 0 Å². The predicted octanol–water partition coefficient (Wildman–Crippen LogP) is -1.57. The molecule has 0 aromatic heterocycles. The second-order valence-electron chi connectivity index (χ2n) is 2.06. The third-order valence-electron chi connectivity index (χ3n) is 1.31. The van der Waals surface area contributed by atoms with Crippen LogP contribution in [0.4, 0.5) is 0 Å². The summed E-state index contributed by atoms with van der Waals surface area (Å²) in [4.78, 5) is 0. The number of hydrogen-bond acceptors (Lipinski definition) is 4. The topological polar surface area (TPSA) is 61.5 Å². The van der Waals surface area contributed by atoms with Crippen LogP contribution in [0.3, 0.4) is 0 Å². The highest BCUT2D eigenvalue weighted by atomic mass is 16.3. The summed E-state index contributed by atoms with van der Waals surface area (Å²) in [7, 11) is 1.81. The van der Waals surface area contributed by atoms with Crippen molar-refractivity contribution in [3.8, 4) is 0 Å². The standard InChI is InChI=1S/C4H11N3O/c1-7-3(5)2-4(8)6-7/h3-4,6,8H,2,5H2,1H3. The van der Waals surface area contributed by atoms with Gasteiger partial charge in [0.25, 0.3) is 0 Å². The minimum absolute atomic E-state index is 0.0370. The quantitative estimate of drug-likeness (QED) is 0.359. The van der Waals surface area contributed by atoms with Gasteiger partial charge in [-0.1, -0.05) is 0 Å². The van der Waals surface area contributed by atoms with Crippen molar-refractivity contribution in [1.29, 1.82) is 0 Å². The van der Waals surface area contributed by atoms with E-state index in [9.17, 15) is 0 Å². The van der Waals surface area contributed by atoms with Crippen molar-refractivity contribution < 1.29 is 5.11 Å². The van der Waals surface area contributed by atoms with E-state index in [-0.39, 0.29) is 6.17 Å². The van der Waals surface area contributed by atoms with E-state index in [0.29, 0.717) is 6.42 Å². The Balaban J connectivity index is 2.39. The normalized spacial score (nSPS) is 40.9. The Kier molecular flexibility index (Phi) is 1.48. The lowest BCUT2D eigenvalue weighted by Crippen LogP contribution is -2.39. The van der Waals surface area contributed by atoms with Gasteiger partial charge in [0.15, 0.2) is 0 Å². The monoisotopic (exact) mass is 117 g/mol. The fourth-order valence-electron chi connectivity index (χ4n) is 0.770. The smallest absolute Gasteiger partial charge is 0.120 e. The molecule has 4 nitrogen and oxygen atoms in total. The van der Waals surface area contributed by atoms with Crippen LogP contribution >= 0.6 is 0 Å². The molecule has 0 bridgehead atoms. The van der Waals surface area contributed by atoms with Crippen LogP contribution in [-0.4, -0.2) is 29.6 Å². The Morgan fingerprint density at radius 3 is 2.62 bits per heavy atom. The van der Waals surface area contributed by atoms with Gasteiger partial charge in [-0.2, -0.15) is 0 Å². The van der Waals surface area contributed by atoms with E-state index in [1.165, 1.54) is 0 Å². The number of hydrazine groups is 1. The molecule has 1 saturated heterocycles. The summed E-state index contributed by atoms with van der Waals surface area (Å²) in [5, 5.41) is 10.5. The van der Waals surface area contributed by atoms with Crippen molar-refractivity contribution in [2.75, 3.05) is 7.05 Å². The van der Waals surface area contributed by atoms with Gasteiger partial charge < -0.3 is 10.8 Å². The third-order valence-corrected chi connectivity index (χ3v) is 1.31. The molecule has 48 valence electrons. The van der Waals surface area contributed by atoms with Gasteiger partial charge in [0.2, 0.25) is 0 Å². The zero-order valence-corrected chi connectivity index (χ0v) is 4.83. The first-order chi connectivity index (χ1) is 3.70. The van der Waals surface area contributed by atoms with Crippen LogP contribution in [0.2, 0.25) is 0 Å². The lowest BCUT2D eigenvalue weighted by atomic mass is 10.3. The van der Waals surface area contributed by atoms with Crippen molar-refractivity contribution >= 4 is 0 Å². The second kappa shape index (κ2) is 1.99. The lowest BCUT2D eigenvalue weighted by molar-refractivity contribution is 0.113. The number of aliphatic hydroxyl groups excluding tert-OH is 1. The van der Waals surface area contributed by atoms with Crippen LogP contribution in [0.25, 0.3) is 0 Å².